The number of morpholine rings is 1. The first-order chi connectivity index (χ1) is 10.7. The summed E-state index contributed by atoms with van der Waals surface area (Å²) in [5.41, 5.74) is 1.24. The molecule has 2 heterocycles. The fourth-order valence-electron chi connectivity index (χ4n) is 3.50. The van der Waals surface area contributed by atoms with Gasteiger partial charge in [0.25, 0.3) is 0 Å². The molecule has 1 aromatic carbocycles. The molecule has 2 atom stereocenters. The van der Waals surface area contributed by atoms with Gasteiger partial charge in [0.1, 0.15) is 5.75 Å². The van der Waals surface area contributed by atoms with Crippen molar-refractivity contribution < 1.29 is 14.3 Å². The van der Waals surface area contributed by atoms with Crippen molar-refractivity contribution in [2.75, 3.05) is 33.4 Å². The van der Waals surface area contributed by atoms with Crippen LogP contribution in [0.15, 0.2) is 24.3 Å². The molecule has 2 fully saturated rings. The number of piperidine rings is 1. The number of likely N-dealkylation sites (tertiary alicyclic amines) is 1. The molecule has 0 N–H and O–H groups in total. The Morgan fingerprint density at radius 3 is 3.05 bits per heavy atom. The standard InChI is InChI=1S/C17H24N2O3/c1-13(20)19-8-9-22-17-6-7-18(12-16(17)19)11-14-4-3-5-15(10-14)21-2/h3-5,10,16-17H,6-9,11-12H2,1-2H3/t16-,17-/m1/s1. The van der Waals surface area contributed by atoms with Gasteiger partial charge in [-0.05, 0) is 24.1 Å². The first-order valence-corrected chi connectivity index (χ1v) is 7.91. The van der Waals surface area contributed by atoms with E-state index in [0.29, 0.717) is 13.2 Å². The van der Waals surface area contributed by atoms with Crippen LogP contribution in [-0.4, -0.2) is 61.2 Å². The van der Waals surface area contributed by atoms with Crippen LogP contribution in [0.3, 0.4) is 0 Å². The molecule has 2 aliphatic rings. The lowest BCUT2D eigenvalue weighted by molar-refractivity contribution is -0.150. The van der Waals surface area contributed by atoms with Crippen LogP contribution in [0.25, 0.3) is 0 Å². The zero-order valence-corrected chi connectivity index (χ0v) is 13.3. The van der Waals surface area contributed by atoms with Gasteiger partial charge in [0.15, 0.2) is 0 Å². The highest BCUT2D eigenvalue weighted by atomic mass is 16.5. The number of rotatable bonds is 3. The average molecular weight is 304 g/mol. The van der Waals surface area contributed by atoms with Gasteiger partial charge in [0.2, 0.25) is 5.91 Å². The zero-order valence-electron chi connectivity index (χ0n) is 13.3. The largest absolute Gasteiger partial charge is 0.497 e. The highest BCUT2D eigenvalue weighted by Crippen LogP contribution is 2.25. The number of hydrogen-bond acceptors (Lipinski definition) is 4. The molecule has 0 bridgehead atoms. The number of ether oxygens (including phenoxy) is 2. The summed E-state index contributed by atoms with van der Waals surface area (Å²) in [6.07, 6.45) is 1.18. The molecule has 1 amide bonds. The van der Waals surface area contributed by atoms with Gasteiger partial charge < -0.3 is 14.4 Å². The number of carbonyl (C=O) groups excluding carboxylic acids is 1. The Morgan fingerprint density at radius 2 is 2.27 bits per heavy atom. The van der Waals surface area contributed by atoms with Gasteiger partial charge in [-0.1, -0.05) is 12.1 Å². The Morgan fingerprint density at radius 1 is 1.41 bits per heavy atom. The van der Waals surface area contributed by atoms with E-state index in [0.717, 1.165) is 31.8 Å². The Balaban J connectivity index is 1.67. The van der Waals surface area contributed by atoms with Crippen LogP contribution < -0.4 is 4.74 Å². The highest BCUT2D eigenvalue weighted by molar-refractivity contribution is 5.73. The van der Waals surface area contributed by atoms with Crippen molar-refractivity contribution in [3.05, 3.63) is 29.8 Å². The maximum absolute atomic E-state index is 11.8. The van der Waals surface area contributed by atoms with Gasteiger partial charge in [-0.2, -0.15) is 0 Å². The Kier molecular flexibility index (Phi) is 4.64. The predicted molar refractivity (Wildman–Crippen MR) is 83.8 cm³/mol. The number of benzene rings is 1. The van der Waals surface area contributed by atoms with E-state index in [9.17, 15) is 4.79 Å². The molecule has 0 spiro atoms. The van der Waals surface area contributed by atoms with Gasteiger partial charge in [-0.3, -0.25) is 9.69 Å². The van der Waals surface area contributed by atoms with Crippen LogP contribution in [0.5, 0.6) is 5.75 Å². The summed E-state index contributed by atoms with van der Waals surface area (Å²) in [6, 6.07) is 8.36. The zero-order chi connectivity index (χ0) is 15.5. The van der Waals surface area contributed by atoms with Gasteiger partial charge in [-0.25, -0.2) is 0 Å². The van der Waals surface area contributed by atoms with E-state index < -0.39 is 0 Å². The van der Waals surface area contributed by atoms with Crippen molar-refractivity contribution in [3.8, 4) is 5.75 Å². The monoisotopic (exact) mass is 304 g/mol. The molecule has 5 nitrogen and oxygen atoms in total. The third kappa shape index (κ3) is 3.25. The SMILES string of the molecule is COc1cccc(CN2CC[C@H]3OCCN(C(C)=O)[C@@H]3C2)c1. The number of amides is 1. The van der Waals surface area contributed by atoms with E-state index >= 15 is 0 Å². The van der Waals surface area contributed by atoms with Crippen molar-refractivity contribution in [2.45, 2.75) is 32.0 Å². The minimum Gasteiger partial charge on any atom is -0.497 e. The summed E-state index contributed by atoms with van der Waals surface area (Å²) < 4.78 is 11.1. The Labute approximate surface area is 131 Å². The van der Waals surface area contributed by atoms with Crippen LogP contribution >= 0.6 is 0 Å². The second-order valence-electron chi connectivity index (χ2n) is 6.06. The Bertz CT molecular complexity index is 534. The van der Waals surface area contributed by atoms with Crippen LogP contribution in [0, 0.1) is 0 Å². The summed E-state index contributed by atoms with van der Waals surface area (Å²) in [5.74, 6) is 1.04. The molecule has 0 aromatic heterocycles. The number of hydrogen-bond donors (Lipinski definition) is 0. The van der Waals surface area contributed by atoms with E-state index in [2.05, 4.69) is 17.0 Å². The van der Waals surface area contributed by atoms with Crippen molar-refractivity contribution >= 4 is 5.91 Å². The first-order valence-electron chi connectivity index (χ1n) is 7.91. The van der Waals surface area contributed by atoms with Crippen molar-refractivity contribution in [1.29, 1.82) is 0 Å². The predicted octanol–water partition coefficient (Wildman–Crippen LogP) is 1.52. The number of fused-ring (bicyclic) bond motifs is 1. The van der Waals surface area contributed by atoms with Crippen LogP contribution in [0.4, 0.5) is 0 Å². The topological polar surface area (TPSA) is 42.0 Å². The van der Waals surface area contributed by atoms with Gasteiger partial charge in [0, 0.05) is 33.1 Å². The van der Waals surface area contributed by atoms with Gasteiger partial charge in [-0.15, -0.1) is 0 Å². The smallest absolute Gasteiger partial charge is 0.219 e. The molecular weight excluding hydrogens is 280 g/mol. The first kappa shape index (κ1) is 15.3. The maximum atomic E-state index is 11.8. The molecule has 0 saturated carbocycles. The van der Waals surface area contributed by atoms with E-state index in [1.165, 1.54) is 5.56 Å². The summed E-state index contributed by atoms with van der Waals surface area (Å²) in [5, 5.41) is 0. The highest BCUT2D eigenvalue weighted by Gasteiger charge is 2.38. The Hall–Kier alpha value is -1.59. The lowest BCUT2D eigenvalue weighted by Gasteiger charge is -2.46. The molecule has 120 valence electrons. The molecule has 5 heteroatoms. The average Bonchev–Trinajstić information content (AvgIpc) is 2.54. The van der Waals surface area contributed by atoms with Crippen molar-refractivity contribution in [1.82, 2.24) is 9.80 Å². The van der Waals surface area contributed by atoms with Crippen molar-refractivity contribution in [3.63, 3.8) is 0 Å². The molecule has 1 aromatic rings. The van der Waals surface area contributed by atoms with Gasteiger partial charge >= 0.3 is 0 Å². The molecular formula is C17H24N2O3. The maximum Gasteiger partial charge on any atom is 0.219 e. The van der Waals surface area contributed by atoms with Crippen molar-refractivity contribution in [2.24, 2.45) is 0 Å². The van der Waals surface area contributed by atoms with Crippen LogP contribution in [0.1, 0.15) is 18.9 Å². The summed E-state index contributed by atoms with van der Waals surface area (Å²) in [4.78, 5) is 16.2. The molecule has 0 unspecified atom stereocenters. The van der Waals surface area contributed by atoms with E-state index in [1.807, 2.05) is 17.0 Å². The third-order valence-corrected chi connectivity index (χ3v) is 4.61. The summed E-state index contributed by atoms with van der Waals surface area (Å²) >= 11 is 0. The molecule has 2 aliphatic heterocycles. The third-order valence-electron chi connectivity index (χ3n) is 4.61. The van der Waals surface area contributed by atoms with E-state index in [1.54, 1.807) is 14.0 Å². The minimum absolute atomic E-state index is 0.154. The quantitative estimate of drug-likeness (QED) is 0.849. The number of carbonyl (C=O) groups is 1. The molecule has 22 heavy (non-hydrogen) atoms. The van der Waals surface area contributed by atoms with E-state index in [-0.39, 0.29) is 18.1 Å². The van der Waals surface area contributed by atoms with E-state index in [4.69, 9.17) is 9.47 Å². The fraction of sp³-hybridized carbons (Fsp3) is 0.588. The van der Waals surface area contributed by atoms with Crippen LogP contribution in [0.2, 0.25) is 0 Å². The van der Waals surface area contributed by atoms with Crippen LogP contribution in [-0.2, 0) is 16.1 Å². The molecule has 0 aliphatic carbocycles. The number of methoxy groups -OCH3 is 1. The lowest BCUT2D eigenvalue weighted by atomic mass is 9.98. The number of nitrogens with zero attached hydrogens (tertiary/aromatic N) is 2. The van der Waals surface area contributed by atoms with Gasteiger partial charge in [0.05, 0.1) is 25.9 Å². The minimum atomic E-state index is 0.154. The normalized spacial score (nSPS) is 25.6. The molecule has 2 saturated heterocycles. The molecule has 3 rings (SSSR count). The molecule has 0 radical (unpaired) electrons. The second-order valence-corrected chi connectivity index (χ2v) is 6.06. The second kappa shape index (κ2) is 6.67. The summed E-state index contributed by atoms with van der Waals surface area (Å²) in [6.45, 7) is 5.79. The fourth-order valence-corrected chi connectivity index (χ4v) is 3.50. The lowest BCUT2D eigenvalue weighted by Crippen LogP contribution is -2.60. The summed E-state index contributed by atoms with van der Waals surface area (Å²) in [7, 11) is 1.69.